The minimum Gasteiger partial charge on any atom is -0.497 e. The van der Waals surface area contributed by atoms with Crippen LogP contribution >= 0.6 is 11.8 Å². The standard InChI is InChI=1S/C15H14O5S/c1-18-10-6-4-9(5-7-10)13-14(17)11(8-12(16)19-2)21-15(13)20-3/h4-8H,1-3H3/b11-8-. The number of benzene rings is 1. The third kappa shape index (κ3) is 3.11. The van der Waals surface area contributed by atoms with Crippen LogP contribution in [0.4, 0.5) is 0 Å². The number of methoxy groups -OCH3 is 3. The molecule has 110 valence electrons. The fraction of sp³-hybridized carbons (Fsp3) is 0.200. The van der Waals surface area contributed by atoms with Gasteiger partial charge in [0.25, 0.3) is 0 Å². The summed E-state index contributed by atoms with van der Waals surface area (Å²) in [6.07, 6.45) is 1.17. The maximum Gasteiger partial charge on any atom is 0.331 e. The number of ketones is 1. The van der Waals surface area contributed by atoms with Gasteiger partial charge in [0.05, 0.1) is 31.8 Å². The highest BCUT2D eigenvalue weighted by atomic mass is 32.2. The number of thioether (sulfide) groups is 1. The lowest BCUT2D eigenvalue weighted by Gasteiger charge is -2.05. The maximum atomic E-state index is 12.4. The van der Waals surface area contributed by atoms with Crippen LogP contribution in [0.5, 0.6) is 5.75 Å². The molecule has 21 heavy (non-hydrogen) atoms. The molecule has 0 bridgehead atoms. The second kappa shape index (κ2) is 6.49. The minimum atomic E-state index is -0.572. The van der Waals surface area contributed by atoms with Crippen LogP contribution in [-0.2, 0) is 19.1 Å². The summed E-state index contributed by atoms with van der Waals surface area (Å²) in [5, 5.41) is 0.459. The van der Waals surface area contributed by atoms with Gasteiger partial charge in [-0.15, -0.1) is 0 Å². The van der Waals surface area contributed by atoms with Gasteiger partial charge in [0.15, 0.2) is 5.09 Å². The molecule has 2 rings (SSSR count). The molecule has 0 atom stereocenters. The van der Waals surface area contributed by atoms with Crippen molar-refractivity contribution in [2.75, 3.05) is 21.3 Å². The molecule has 0 amide bonds. The van der Waals surface area contributed by atoms with Gasteiger partial charge in [-0.2, -0.15) is 0 Å². The van der Waals surface area contributed by atoms with E-state index in [1.165, 1.54) is 20.3 Å². The molecular formula is C15H14O5S. The number of rotatable bonds is 4. The molecule has 0 radical (unpaired) electrons. The van der Waals surface area contributed by atoms with Crippen molar-refractivity contribution in [1.82, 2.24) is 0 Å². The fourth-order valence-corrected chi connectivity index (χ4v) is 2.77. The quantitative estimate of drug-likeness (QED) is 0.629. The van der Waals surface area contributed by atoms with Gasteiger partial charge in [0.2, 0.25) is 5.78 Å². The Bertz CT molecular complexity index is 628. The fourth-order valence-electron chi connectivity index (χ4n) is 1.82. The molecule has 1 aliphatic rings. The van der Waals surface area contributed by atoms with E-state index in [9.17, 15) is 9.59 Å². The average molecular weight is 306 g/mol. The lowest BCUT2D eigenvalue weighted by Crippen LogP contribution is -2.02. The van der Waals surface area contributed by atoms with Crippen molar-refractivity contribution in [1.29, 1.82) is 0 Å². The number of ether oxygens (including phenoxy) is 3. The van der Waals surface area contributed by atoms with Gasteiger partial charge in [-0.3, -0.25) is 4.79 Å². The van der Waals surface area contributed by atoms with Crippen LogP contribution in [0.2, 0.25) is 0 Å². The molecule has 0 saturated heterocycles. The summed E-state index contributed by atoms with van der Waals surface area (Å²) in [5.74, 6) is -0.133. The molecule has 5 nitrogen and oxygen atoms in total. The Kier molecular flexibility index (Phi) is 4.70. The molecule has 1 aromatic carbocycles. The van der Waals surface area contributed by atoms with Crippen LogP contribution < -0.4 is 4.74 Å². The Morgan fingerprint density at radius 2 is 1.76 bits per heavy atom. The monoisotopic (exact) mass is 306 g/mol. The summed E-state index contributed by atoms with van der Waals surface area (Å²) >= 11 is 1.11. The summed E-state index contributed by atoms with van der Waals surface area (Å²) in [4.78, 5) is 24.0. The van der Waals surface area contributed by atoms with Gasteiger partial charge in [0, 0.05) is 6.08 Å². The lowest BCUT2D eigenvalue weighted by atomic mass is 10.0. The smallest absolute Gasteiger partial charge is 0.331 e. The van der Waals surface area contributed by atoms with Gasteiger partial charge in [-0.1, -0.05) is 12.1 Å². The van der Waals surface area contributed by atoms with Gasteiger partial charge in [0.1, 0.15) is 5.75 Å². The van der Waals surface area contributed by atoms with Crippen molar-refractivity contribution in [2.24, 2.45) is 0 Å². The second-order valence-corrected chi connectivity index (χ2v) is 5.07. The molecule has 1 aromatic rings. The highest BCUT2D eigenvalue weighted by Gasteiger charge is 2.32. The zero-order chi connectivity index (χ0) is 15.4. The van der Waals surface area contributed by atoms with E-state index in [2.05, 4.69) is 4.74 Å². The van der Waals surface area contributed by atoms with E-state index in [1.807, 2.05) is 0 Å². The highest BCUT2D eigenvalue weighted by Crippen LogP contribution is 2.43. The van der Waals surface area contributed by atoms with Crippen molar-refractivity contribution in [3.05, 3.63) is 45.9 Å². The molecule has 1 heterocycles. The van der Waals surface area contributed by atoms with Crippen LogP contribution in [0.25, 0.3) is 5.57 Å². The average Bonchev–Trinajstić information content (AvgIpc) is 2.83. The Labute approximate surface area is 126 Å². The number of Topliss-reactive ketones (excluding diaryl/α,β-unsaturated/α-hetero) is 1. The molecule has 0 unspecified atom stereocenters. The Hall–Kier alpha value is -2.21. The van der Waals surface area contributed by atoms with Gasteiger partial charge in [-0.05, 0) is 29.5 Å². The first-order valence-corrected chi connectivity index (χ1v) is 6.87. The van der Waals surface area contributed by atoms with Crippen LogP contribution in [0.3, 0.4) is 0 Å². The van der Waals surface area contributed by atoms with Crippen LogP contribution in [-0.4, -0.2) is 33.1 Å². The number of hydrogen-bond donors (Lipinski definition) is 0. The SMILES string of the molecule is COC(=O)/C=C1\SC(OC)=C(c2ccc(OC)cc2)C1=O. The second-order valence-electron chi connectivity index (χ2n) is 4.06. The predicted octanol–water partition coefficient (Wildman–Crippen LogP) is 2.38. The van der Waals surface area contributed by atoms with E-state index in [4.69, 9.17) is 9.47 Å². The zero-order valence-corrected chi connectivity index (χ0v) is 12.7. The molecule has 0 spiro atoms. The first kappa shape index (κ1) is 15.2. The van der Waals surface area contributed by atoms with E-state index in [0.29, 0.717) is 22.0 Å². The Morgan fingerprint density at radius 3 is 2.29 bits per heavy atom. The van der Waals surface area contributed by atoms with E-state index < -0.39 is 5.97 Å². The van der Waals surface area contributed by atoms with Crippen LogP contribution in [0.15, 0.2) is 40.3 Å². The predicted molar refractivity (Wildman–Crippen MR) is 79.6 cm³/mol. The summed E-state index contributed by atoms with van der Waals surface area (Å²) in [6, 6.07) is 7.06. The van der Waals surface area contributed by atoms with Gasteiger partial charge in [-0.25, -0.2) is 4.79 Å². The van der Waals surface area contributed by atoms with E-state index in [1.54, 1.807) is 31.4 Å². The van der Waals surface area contributed by atoms with Crippen LogP contribution in [0.1, 0.15) is 5.56 Å². The molecule has 1 aliphatic heterocycles. The maximum absolute atomic E-state index is 12.4. The Morgan fingerprint density at radius 1 is 1.10 bits per heavy atom. The summed E-state index contributed by atoms with van der Waals surface area (Å²) in [6.45, 7) is 0. The van der Waals surface area contributed by atoms with Crippen molar-refractivity contribution < 1.29 is 23.8 Å². The van der Waals surface area contributed by atoms with Crippen molar-refractivity contribution in [2.45, 2.75) is 0 Å². The lowest BCUT2D eigenvalue weighted by molar-refractivity contribution is -0.135. The molecule has 0 aromatic heterocycles. The summed E-state index contributed by atoms with van der Waals surface area (Å²) in [5.41, 5.74) is 1.14. The van der Waals surface area contributed by atoms with Gasteiger partial charge >= 0.3 is 5.97 Å². The highest BCUT2D eigenvalue weighted by molar-refractivity contribution is 8.08. The number of allylic oxidation sites excluding steroid dienone is 2. The van der Waals surface area contributed by atoms with Crippen molar-refractivity contribution in [3.63, 3.8) is 0 Å². The molecule has 0 aliphatic carbocycles. The van der Waals surface area contributed by atoms with Gasteiger partial charge < -0.3 is 14.2 Å². The third-order valence-corrected chi connectivity index (χ3v) is 3.95. The first-order chi connectivity index (χ1) is 10.1. The molecule has 0 saturated carbocycles. The number of esters is 1. The topological polar surface area (TPSA) is 61.8 Å². The van der Waals surface area contributed by atoms with Crippen molar-refractivity contribution in [3.8, 4) is 5.75 Å². The van der Waals surface area contributed by atoms with E-state index >= 15 is 0 Å². The van der Waals surface area contributed by atoms with E-state index in [0.717, 1.165) is 11.8 Å². The minimum absolute atomic E-state index is 0.257. The normalized spacial score (nSPS) is 16.3. The van der Waals surface area contributed by atoms with Crippen molar-refractivity contribution >= 4 is 29.1 Å². The Balaban J connectivity index is 2.38. The number of carbonyl (C=O) groups is 2. The first-order valence-electron chi connectivity index (χ1n) is 6.05. The van der Waals surface area contributed by atoms with Crippen LogP contribution in [0, 0.1) is 0 Å². The third-order valence-electron chi connectivity index (χ3n) is 2.87. The molecule has 6 heteroatoms. The number of hydrogen-bond acceptors (Lipinski definition) is 6. The van der Waals surface area contributed by atoms with E-state index in [-0.39, 0.29) is 10.7 Å². The molecule has 0 fully saturated rings. The zero-order valence-electron chi connectivity index (χ0n) is 11.8. The molecule has 0 N–H and O–H groups in total. The summed E-state index contributed by atoms with van der Waals surface area (Å²) < 4.78 is 14.9. The summed E-state index contributed by atoms with van der Waals surface area (Å²) in [7, 11) is 4.32. The largest absolute Gasteiger partial charge is 0.497 e. The molecular weight excluding hydrogens is 292 g/mol. The number of carbonyl (C=O) groups excluding carboxylic acids is 2.